The number of hydrogen-bond donors (Lipinski definition) is 1. The van der Waals surface area contributed by atoms with Gasteiger partial charge >= 0.3 is 7.82 Å². The van der Waals surface area contributed by atoms with Crippen LogP contribution in [-0.4, -0.2) is 5.11 Å². The zero-order chi connectivity index (χ0) is 20.3. The Kier molecular flexibility index (Phi) is 6.54. The maximum absolute atomic E-state index is 13.4. The quantitative estimate of drug-likeness (QED) is 0.290. The van der Waals surface area contributed by atoms with Crippen molar-refractivity contribution < 1.29 is 23.2 Å². The van der Waals surface area contributed by atoms with Gasteiger partial charge in [-0.1, -0.05) is 82.8 Å². The first-order valence-corrected chi connectivity index (χ1v) is 10.6. The van der Waals surface area contributed by atoms with Crippen molar-refractivity contribution in [3.05, 3.63) is 80.8 Å². The van der Waals surface area contributed by atoms with Crippen molar-refractivity contribution in [2.24, 2.45) is 0 Å². The van der Waals surface area contributed by atoms with Gasteiger partial charge in [-0.15, -0.1) is 0 Å². The largest absolute Gasteiger partial charge is 0.647 e. The maximum Gasteiger partial charge on any atom is 0.647 e. The molecular weight excluding hydrogens is 469 g/mol. The van der Waals surface area contributed by atoms with Crippen LogP contribution in [0.1, 0.15) is 0 Å². The van der Waals surface area contributed by atoms with Crippen LogP contribution in [0.15, 0.2) is 60.7 Å². The fraction of sp³-hybridized carbons (Fsp3) is 0. The molecule has 0 amide bonds. The highest BCUT2D eigenvalue weighted by atomic mass is 35.5. The van der Waals surface area contributed by atoms with Gasteiger partial charge in [-0.05, 0) is 24.3 Å². The smallest absolute Gasteiger partial charge is 0.505 e. The number of phenolic OH excluding ortho intramolecular Hbond substituents is 1. The Morgan fingerprint density at radius 3 is 1.43 bits per heavy atom. The second-order valence-electron chi connectivity index (χ2n) is 5.28. The third kappa shape index (κ3) is 4.62. The molecule has 5 nitrogen and oxygen atoms in total. The Morgan fingerprint density at radius 1 is 0.643 bits per heavy atom. The Labute approximate surface area is 180 Å². The van der Waals surface area contributed by atoms with Gasteiger partial charge < -0.3 is 18.7 Å². The topological polar surface area (TPSA) is 65.0 Å². The van der Waals surface area contributed by atoms with Crippen molar-refractivity contribution >= 4 is 54.2 Å². The molecule has 0 aliphatic rings. The monoisotopic (exact) mass is 478 g/mol. The molecule has 0 spiro atoms. The molecule has 146 valence electrons. The van der Waals surface area contributed by atoms with Gasteiger partial charge in [0.25, 0.3) is 0 Å². The number of aromatic hydroxyl groups is 1. The number of halogens is 4. The van der Waals surface area contributed by atoms with E-state index in [0.29, 0.717) is 0 Å². The highest BCUT2D eigenvalue weighted by molar-refractivity contribution is 7.49. The van der Waals surface area contributed by atoms with Crippen molar-refractivity contribution in [3.8, 4) is 23.0 Å². The lowest BCUT2D eigenvalue weighted by molar-refractivity contribution is 0.298. The van der Waals surface area contributed by atoms with E-state index in [-0.39, 0.29) is 37.3 Å². The first kappa shape index (κ1) is 21.0. The fourth-order valence-electron chi connectivity index (χ4n) is 2.07. The molecule has 0 bridgehead atoms. The van der Waals surface area contributed by atoms with Gasteiger partial charge in [0.1, 0.15) is 31.6 Å². The Hall–Kier alpha value is -1.75. The molecule has 3 aromatic carbocycles. The van der Waals surface area contributed by atoms with Crippen molar-refractivity contribution in [2.45, 2.75) is 0 Å². The van der Waals surface area contributed by atoms with Gasteiger partial charge in [-0.2, -0.15) is 4.57 Å². The molecule has 1 N–H and O–H groups in total. The number of rotatable bonds is 6. The molecule has 3 aromatic rings. The summed E-state index contributed by atoms with van der Waals surface area (Å²) in [6, 6.07) is 16.5. The van der Waals surface area contributed by atoms with Crippen LogP contribution in [0.3, 0.4) is 0 Å². The van der Waals surface area contributed by atoms with E-state index in [1.807, 2.05) is 0 Å². The molecule has 0 fully saturated rings. The van der Waals surface area contributed by atoms with E-state index in [1.54, 1.807) is 60.7 Å². The Bertz CT molecular complexity index is 957. The van der Waals surface area contributed by atoms with Gasteiger partial charge in [-0.25, -0.2) is 0 Å². The second kappa shape index (κ2) is 8.73. The van der Waals surface area contributed by atoms with Crippen molar-refractivity contribution in [3.63, 3.8) is 0 Å². The zero-order valence-electron chi connectivity index (χ0n) is 13.8. The van der Waals surface area contributed by atoms with E-state index in [2.05, 4.69) is 0 Å². The van der Waals surface area contributed by atoms with Crippen molar-refractivity contribution in [1.29, 1.82) is 0 Å². The van der Waals surface area contributed by atoms with E-state index in [0.717, 1.165) is 0 Å². The first-order chi connectivity index (χ1) is 13.3. The van der Waals surface area contributed by atoms with Crippen LogP contribution in [-0.2, 0) is 4.57 Å². The van der Waals surface area contributed by atoms with Crippen LogP contribution in [0.5, 0.6) is 23.0 Å². The van der Waals surface area contributed by atoms with Crippen molar-refractivity contribution in [1.82, 2.24) is 0 Å². The molecule has 0 atom stereocenters. The lowest BCUT2D eigenvalue weighted by Crippen LogP contribution is -2.08. The molecule has 28 heavy (non-hydrogen) atoms. The SMILES string of the molecule is O=P(Oc1ccccc1)(Oc1ccccc1)Oc1c(Cl)c(Cl)c(O)c(Cl)c1Cl. The predicted octanol–water partition coefficient (Wildman–Crippen LogP) is 7.65. The summed E-state index contributed by atoms with van der Waals surface area (Å²) in [5.41, 5.74) is 0. The third-order valence-corrected chi connectivity index (χ3v) is 6.25. The van der Waals surface area contributed by atoms with E-state index in [1.165, 1.54) is 0 Å². The van der Waals surface area contributed by atoms with Crippen LogP contribution in [0.4, 0.5) is 0 Å². The van der Waals surface area contributed by atoms with E-state index >= 15 is 0 Å². The van der Waals surface area contributed by atoms with E-state index in [9.17, 15) is 9.67 Å². The molecule has 0 aromatic heterocycles. The molecule has 0 saturated carbocycles. The summed E-state index contributed by atoms with van der Waals surface area (Å²) < 4.78 is 29.8. The van der Waals surface area contributed by atoms with Gasteiger partial charge in [0, 0.05) is 0 Å². The molecule has 0 aliphatic heterocycles. The van der Waals surface area contributed by atoms with E-state index < -0.39 is 13.6 Å². The minimum atomic E-state index is -4.36. The highest BCUT2D eigenvalue weighted by Crippen LogP contribution is 2.56. The van der Waals surface area contributed by atoms with Crippen LogP contribution in [0.25, 0.3) is 0 Å². The van der Waals surface area contributed by atoms with Gasteiger partial charge in [0.2, 0.25) is 0 Å². The third-order valence-electron chi connectivity index (χ3n) is 3.32. The predicted molar refractivity (Wildman–Crippen MR) is 111 cm³/mol. The molecule has 0 radical (unpaired) electrons. The highest BCUT2D eigenvalue weighted by Gasteiger charge is 2.36. The Balaban J connectivity index is 2.04. The fourth-order valence-corrected chi connectivity index (χ4v) is 4.36. The standard InChI is InChI=1S/C18H11Cl4O5P/c19-13-15(21)18(16(22)14(20)17(13)23)27-28(24,25-11-7-3-1-4-8-11)26-12-9-5-2-6-10-12/h1-10,23H. The summed E-state index contributed by atoms with van der Waals surface area (Å²) >= 11 is 24.1. The molecule has 0 heterocycles. The lowest BCUT2D eigenvalue weighted by Gasteiger charge is -2.21. The van der Waals surface area contributed by atoms with Crippen LogP contribution in [0.2, 0.25) is 20.1 Å². The maximum atomic E-state index is 13.4. The first-order valence-electron chi connectivity index (χ1n) is 7.64. The summed E-state index contributed by atoms with van der Waals surface area (Å²) in [6.07, 6.45) is 0. The summed E-state index contributed by atoms with van der Waals surface area (Å²) in [6.45, 7) is 0. The van der Waals surface area contributed by atoms with Crippen LogP contribution in [0, 0.1) is 0 Å². The van der Waals surface area contributed by atoms with E-state index in [4.69, 9.17) is 60.0 Å². The Morgan fingerprint density at radius 2 is 1.04 bits per heavy atom. The average molecular weight is 480 g/mol. The molecule has 10 heteroatoms. The zero-order valence-corrected chi connectivity index (χ0v) is 17.7. The average Bonchev–Trinajstić information content (AvgIpc) is 2.70. The molecule has 3 rings (SSSR count). The summed E-state index contributed by atoms with van der Waals surface area (Å²) in [5, 5.41) is 8.59. The number of phosphoric ester groups is 1. The summed E-state index contributed by atoms with van der Waals surface area (Å²) in [7, 11) is -4.36. The lowest BCUT2D eigenvalue weighted by atomic mass is 10.3. The molecule has 0 unspecified atom stereocenters. The van der Waals surface area contributed by atoms with Crippen LogP contribution < -0.4 is 13.6 Å². The second-order valence-corrected chi connectivity index (χ2v) is 8.23. The van der Waals surface area contributed by atoms with Gasteiger partial charge in [0.05, 0.1) is 0 Å². The molecule has 0 aliphatic carbocycles. The number of phenols is 1. The summed E-state index contributed by atoms with van der Waals surface area (Å²) in [4.78, 5) is 0. The van der Waals surface area contributed by atoms with Gasteiger partial charge in [-0.3, -0.25) is 0 Å². The number of benzene rings is 3. The number of para-hydroxylation sites is 2. The minimum Gasteiger partial charge on any atom is -0.505 e. The number of hydrogen-bond acceptors (Lipinski definition) is 5. The minimum absolute atomic E-state index is 0.213. The number of phosphoric acid groups is 1. The normalized spacial score (nSPS) is 11.1. The molecular formula is C18H11Cl4O5P. The van der Waals surface area contributed by atoms with Crippen molar-refractivity contribution in [2.75, 3.05) is 0 Å². The van der Waals surface area contributed by atoms with Crippen LogP contribution >= 0.6 is 54.2 Å². The van der Waals surface area contributed by atoms with Gasteiger partial charge in [0.15, 0.2) is 11.5 Å². The summed E-state index contributed by atoms with van der Waals surface area (Å²) in [5.74, 6) is -0.463. The molecule has 0 saturated heterocycles.